The predicted molar refractivity (Wildman–Crippen MR) is 131 cm³/mol. The van der Waals surface area contributed by atoms with Crippen molar-refractivity contribution in [2.24, 2.45) is 0 Å². The van der Waals surface area contributed by atoms with Gasteiger partial charge < -0.3 is 34.0 Å². The molecule has 0 atom stereocenters. The average molecular weight is 621 g/mol. The Morgan fingerprint density at radius 2 is 0.946 bits per heavy atom. The minimum Gasteiger partial charge on any atom is -1.00 e. The van der Waals surface area contributed by atoms with Gasteiger partial charge in [-0.3, -0.25) is 20.1 Å². The fourth-order valence-electron chi connectivity index (χ4n) is 4.13. The van der Waals surface area contributed by atoms with Crippen LogP contribution in [0.3, 0.4) is 0 Å². The fourth-order valence-corrected chi connectivity index (χ4v) is 4.13. The molecule has 0 fully saturated rings. The molecular weight excluding hydrogens is 598 g/mol. The Morgan fingerprint density at radius 3 is 1.30 bits per heavy atom. The second-order valence-electron chi connectivity index (χ2n) is 8.17. The van der Waals surface area contributed by atoms with Crippen LogP contribution in [-0.2, 0) is 13.1 Å². The van der Waals surface area contributed by atoms with E-state index in [9.17, 15) is 10.1 Å². The molecule has 0 bridgehead atoms. The lowest BCUT2D eigenvalue weighted by Crippen LogP contribution is -3.00. The minimum atomic E-state index is -0.275. The van der Waals surface area contributed by atoms with E-state index in [1.807, 2.05) is 101 Å². The van der Waals surface area contributed by atoms with Gasteiger partial charge in [-0.25, -0.2) is 9.13 Å². The van der Waals surface area contributed by atoms with Crippen molar-refractivity contribution >= 4 is 5.69 Å². The number of nitro groups is 1. The van der Waals surface area contributed by atoms with Crippen LogP contribution in [0.4, 0.5) is 5.69 Å². The van der Waals surface area contributed by atoms with Crippen LogP contribution < -0.4 is 43.1 Å². The average Bonchev–Trinajstić information content (AvgIpc) is 2.90. The first kappa shape index (κ1) is 27.8. The summed E-state index contributed by atoms with van der Waals surface area (Å²) in [5.41, 5.74) is 5.78. The number of nitrogens with zero attached hydrogens (tertiary/aromatic N) is 5. The second-order valence-corrected chi connectivity index (χ2v) is 8.17. The summed E-state index contributed by atoms with van der Waals surface area (Å²) in [4.78, 5) is 19.9. The van der Waals surface area contributed by atoms with Crippen LogP contribution in [0.2, 0.25) is 0 Å². The van der Waals surface area contributed by atoms with Crippen LogP contribution in [0.1, 0.15) is 11.1 Å². The van der Waals surface area contributed by atoms with Crippen LogP contribution >= 0.6 is 0 Å². The van der Waals surface area contributed by atoms with E-state index in [4.69, 9.17) is 0 Å². The summed E-state index contributed by atoms with van der Waals surface area (Å²) in [6.07, 6.45) is 14.8. The zero-order valence-corrected chi connectivity index (χ0v) is 22.9. The Balaban J connectivity index is 0.00000190. The molecule has 9 heteroatoms. The number of nitro benzene ring substituents is 1. The number of benzene rings is 1. The van der Waals surface area contributed by atoms with Crippen LogP contribution in [0.15, 0.2) is 116 Å². The summed E-state index contributed by atoms with van der Waals surface area (Å²) >= 11 is 0. The van der Waals surface area contributed by atoms with E-state index in [0.717, 1.165) is 22.3 Å². The molecule has 0 aliphatic heterocycles. The first-order valence-electron chi connectivity index (χ1n) is 11.2. The van der Waals surface area contributed by atoms with Crippen LogP contribution in [0.25, 0.3) is 22.3 Å². The monoisotopic (exact) mass is 619 g/mol. The molecule has 0 saturated heterocycles. The SMILES string of the molecule is O=[N+]([O-])c1c(C[n+]2ccc(-c3ccncc3)cc2)cccc1C[n+]1ccc(-c2ccncc2)cc1.[Br-].[Br-]. The molecule has 0 aliphatic carbocycles. The summed E-state index contributed by atoms with van der Waals surface area (Å²) < 4.78 is 3.90. The van der Waals surface area contributed by atoms with E-state index in [1.54, 1.807) is 24.8 Å². The molecule has 37 heavy (non-hydrogen) atoms. The maximum atomic E-state index is 12.1. The zero-order valence-electron chi connectivity index (χ0n) is 19.7. The maximum Gasteiger partial charge on any atom is 0.288 e. The Kier molecular flexibility index (Phi) is 9.71. The van der Waals surface area contributed by atoms with Gasteiger partial charge in [0, 0.05) is 49.1 Å². The van der Waals surface area contributed by atoms with E-state index in [-0.39, 0.29) is 44.6 Å². The van der Waals surface area contributed by atoms with E-state index in [0.29, 0.717) is 24.2 Å². The largest absolute Gasteiger partial charge is 1.00 e. The molecule has 5 rings (SSSR count). The first-order chi connectivity index (χ1) is 17.2. The van der Waals surface area contributed by atoms with Crippen LogP contribution in [-0.4, -0.2) is 14.9 Å². The quantitative estimate of drug-likeness (QED) is 0.125. The lowest BCUT2D eigenvalue weighted by Gasteiger charge is -2.06. The van der Waals surface area contributed by atoms with Crippen molar-refractivity contribution in [3.8, 4) is 22.3 Å². The van der Waals surface area contributed by atoms with Gasteiger partial charge in [-0.1, -0.05) is 6.07 Å². The van der Waals surface area contributed by atoms with Crippen LogP contribution in [0.5, 0.6) is 0 Å². The second kappa shape index (κ2) is 12.9. The third-order valence-electron chi connectivity index (χ3n) is 5.90. The third kappa shape index (κ3) is 6.69. The van der Waals surface area contributed by atoms with Crippen molar-refractivity contribution in [3.05, 3.63) is 138 Å². The molecule has 4 aromatic heterocycles. The molecule has 5 aromatic rings. The maximum absolute atomic E-state index is 12.1. The highest BCUT2D eigenvalue weighted by Gasteiger charge is 2.24. The predicted octanol–water partition coefficient (Wildman–Crippen LogP) is -1.60. The molecule has 0 N–H and O–H groups in total. The summed E-state index contributed by atoms with van der Waals surface area (Å²) in [7, 11) is 0. The Labute approximate surface area is 235 Å². The molecule has 186 valence electrons. The normalized spacial score (nSPS) is 10.2. The lowest BCUT2D eigenvalue weighted by atomic mass is 10.1. The number of hydrogen-bond donors (Lipinski definition) is 0. The Bertz CT molecular complexity index is 1350. The van der Waals surface area contributed by atoms with E-state index >= 15 is 0 Å². The standard InChI is InChI=1S/C28H23N5O2.2BrH/c34-33(35)28-26(20-31-16-8-24(9-17-31)22-4-12-29-13-5-22)2-1-3-27(28)21-32-18-10-25(11-19-32)23-6-14-30-15-7-23;;/h1-19H,20-21H2;2*1H/q+2;;/p-2. The van der Waals surface area contributed by atoms with Crippen molar-refractivity contribution in [2.45, 2.75) is 13.1 Å². The summed E-state index contributed by atoms with van der Waals surface area (Å²) in [6, 6.07) is 21.4. The van der Waals surface area contributed by atoms with Crippen molar-refractivity contribution in [3.63, 3.8) is 0 Å². The number of halogens is 2. The summed E-state index contributed by atoms with van der Waals surface area (Å²) in [5, 5.41) is 12.1. The number of para-hydroxylation sites is 1. The van der Waals surface area contributed by atoms with Crippen LogP contribution in [0, 0.1) is 10.1 Å². The zero-order chi connectivity index (χ0) is 24.0. The first-order valence-corrected chi connectivity index (χ1v) is 11.2. The summed E-state index contributed by atoms with van der Waals surface area (Å²) in [6.45, 7) is 0.818. The van der Waals surface area contributed by atoms with Crippen molar-refractivity contribution < 1.29 is 48.0 Å². The molecule has 0 unspecified atom stereocenters. The topological polar surface area (TPSA) is 76.7 Å². The highest BCUT2D eigenvalue weighted by molar-refractivity contribution is 5.62. The van der Waals surface area contributed by atoms with Gasteiger partial charge in [0.1, 0.15) is 0 Å². The van der Waals surface area contributed by atoms with Gasteiger partial charge in [0.05, 0.1) is 16.1 Å². The molecule has 0 saturated carbocycles. The van der Waals surface area contributed by atoms with Gasteiger partial charge in [0.2, 0.25) is 0 Å². The molecule has 0 aliphatic rings. The molecule has 1 aromatic carbocycles. The van der Waals surface area contributed by atoms with E-state index in [1.165, 1.54) is 0 Å². The van der Waals surface area contributed by atoms with E-state index in [2.05, 4.69) is 9.97 Å². The fraction of sp³-hybridized carbons (Fsp3) is 0.0714. The number of rotatable bonds is 7. The number of aromatic nitrogens is 4. The van der Waals surface area contributed by atoms with Gasteiger partial charge in [0.15, 0.2) is 37.9 Å². The van der Waals surface area contributed by atoms with Crippen molar-refractivity contribution in [1.29, 1.82) is 0 Å². The van der Waals surface area contributed by atoms with Crippen molar-refractivity contribution in [2.75, 3.05) is 0 Å². The Morgan fingerprint density at radius 1 is 0.595 bits per heavy atom. The lowest BCUT2D eigenvalue weighted by molar-refractivity contribution is -0.690. The molecule has 7 nitrogen and oxygen atoms in total. The molecule has 0 spiro atoms. The van der Waals surface area contributed by atoms with Gasteiger partial charge >= 0.3 is 0 Å². The highest BCUT2D eigenvalue weighted by atomic mass is 79.9. The van der Waals surface area contributed by atoms with Crippen molar-refractivity contribution in [1.82, 2.24) is 9.97 Å². The Hall–Kier alpha value is -3.82. The van der Waals surface area contributed by atoms with Gasteiger partial charge in [-0.2, -0.15) is 0 Å². The highest BCUT2D eigenvalue weighted by Crippen LogP contribution is 2.24. The molecular formula is C28H23Br2N5O2. The molecule has 4 heterocycles. The minimum absolute atomic E-state index is 0. The molecule has 0 amide bonds. The summed E-state index contributed by atoms with van der Waals surface area (Å²) in [5.74, 6) is 0. The smallest absolute Gasteiger partial charge is 0.288 e. The number of hydrogen-bond acceptors (Lipinski definition) is 4. The molecule has 0 radical (unpaired) electrons. The van der Waals surface area contributed by atoms with Gasteiger partial charge in [0.25, 0.3) is 5.69 Å². The third-order valence-corrected chi connectivity index (χ3v) is 5.90. The van der Waals surface area contributed by atoms with Gasteiger partial charge in [-0.15, -0.1) is 0 Å². The number of pyridine rings is 4. The van der Waals surface area contributed by atoms with Gasteiger partial charge in [-0.05, 0) is 58.7 Å². The van der Waals surface area contributed by atoms with E-state index < -0.39 is 0 Å².